The Bertz CT molecular complexity index is 457. The van der Waals surface area contributed by atoms with Crippen molar-refractivity contribution in [3.8, 4) is 0 Å². The average Bonchev–Trinajstić information content (AvgIpc) is 2.77. The van der Waals surface area contributed by atoms with Crippen LogP contribution in [0.4, 0.5) is 0 Å². The average molecular weight is 268 g/mol. The maximum Gasteiger partial charge on any atom is 0.123 e. The first kappa shape index (κ1) is 12.6. The van der Waals surface area contributed by atoms with E-state index >= 15 is 0 Å². The summed E-state index contributed by atoms with van der Waals surface area (Å²) >= 11 is 7.13. The number of benzene rings is 1. The summed E-state index contributed by atoms with van der Waals surface area (Å²) in [5, 5.41) is 10.6. The second kappa shape index (κ2) is 6.15. The Morgan fingerprint density at radius 2 is 2.06 bits per heavy atom. The lowest BCUT2D eigenvalue weighted by Crippen LogP contribution is -1.97. The van der Waals surface area contributed by atoms with Crippen molar-refractivity contribution in [1.82, 2.24) is 4.98 Å². The first-order valence-corrected chi connectivity index (χ1v) is 6.78. The molecule has 1 heterocycles. The van der Waals surface area contributed by atoms with Crippen molar-refractivity contribution < 1.29 is 5.11 Å². The fourth-order valence-electron chi connectivity index (χ4n) is 1.69. The van der Waals surface area contributed by atoms with Crippen LogP contribution in [-0.2, 0) is 6.42 Å². The number of aliphatic hydroxyl groups excluding tert-OH is 1. The van der Waals surface area contributed by atoms with E-state index in [4.69, 9.17) is 11.6 Å². The number of hydrogen-bond acceptors (Lipinski definition) is 3. The summed E-state index contributed by atoms with van der Waals surface area (Å²) in [5.41, 5.74) is 1.30. The molecule has 0 radical (unpaired) electrons. The topological polar surface area (TPSA) is 33.1 Å². The Hall–Kier alpha value is -0.900. The molecule has 0 aliphatic heterocycles. The van der Waals surface area contributed by atoms with Gasteiger partial charge in [0.2, 0.25) is 0 Å². The zero-order valence-electron chi connectivity index (χ0n) is 9.34. The van der Waals surface area contributed by atoms with Gasteiger partial charge < -0.3 is 5.11 Å². The molecule has 1 unspecified atom stereocenters. The second-order valence-electron chi connectivity index (χ2n) is 3.90. The molecule has 1 aromatic carbocycles. The second-order valence-corrected chi connectivity index (χ2v) is 5.59. The smallest absolute Gasteiger partial charge is 0.123 e. The van der Waals surface area contributed by atoms with E-state index in [-0.39, 0.29) is 0 Å². The fourth-order valence-corrected chi connectivity index (χ4v) is 2.64. The Kier molecular flexibility index (Phi) is 4.54. The highest BCUT2D eigenvalue weighted by atomic mass is 35.5. The van der Waals surface area contributed by atoms with Crippen LogP contribution in [0.25, 0.3) is 0 Å². The van der Waals surface area contributed by atoms with Gasteiger partial charge >= 0.3 is 0 Å². The first-order chi connectivity index (χ1) is 8.25. The van der Waals surface area contributed by atoms with Gasteiger partial charge in [-0.2, -0.15) is 0 Å². The van der Waals surface area contributed by atoms with Gasteiger partial charge in [-0.15, -0.1) is 11.3 Å². The van der Waals surface area contributed by atoms with Crippen LogP contribution in [0.3, 0.4) is 0 Å². The van der Waals surface area contributed by atoms with Gasteiger partial charge in [0.25, 0.3) is 0 Å². The molecule has 0 aliphatic rings. The molecular formula is C13H14ClNOS. The summed E-state index contributed by atoms with van der Waals surface area (Å²) in [6.07, 6.45) is 3.75. The largest absolute Gasteiger partial charge is 0.386 e. The van der Waals surface area contributed by atoms with Crippen LogP contribution in [0, 0.1) is 0 Å². The molecule has 0 spiro atoms. The van der Waals surface area contributed by atoms with Gasteiger partial charge in [-0.1, -0.05) is 41.9 Å². The van der Waals surface area contributed by atoms with E-state index in [9.17, 15) is 5.11 Å². The number of nitrogens with zero attached hydrogens (tertiary/aromatic N) is 1. The first-order valence-electron chi connectivity index (χ1n) is 5.59. The molecule has 4 heteroatoms. The van der Waals surface area contributed by atoms with Crippen molar-refractivity contribution in [3.63, 3.8) is 0 Å². The van der Waals surface area contributed by atoms with Crippen molar-refractivity contribution >= 4 is 22.9 Å². The molecule has 2 aromatic rings. The van der Waals surface area contributed by atoms with Crippen LogP contribution in [0.1, 0.15) is 29.5 Å². The zero-order valence-corrected chi connectivity index (χ0v) is 10.9. The van der Waals surface area contributed by atoms with E-state index in [2.05, 4.69) is 17.1 Å². The number of hydrogen-bond donors (Lipinski definition) is 1. The molecule has 2 nitrogen and oxygen atoms in total. The van der Waals surface area contributed by atoms with E-state index in [1.165, 1.54) is 16.9 Å². The van der Waals surface area contributed by atoms with Crippen LogP contribution >= 0.6 is 22.9 Å². The minimum Gasteiger partial charge on any atom is -0.386 e. The third-order valence-corrected chi connectivity index (χ3v) is 3.78. The van der Waals surface area contributed by atoms with Crippen LogP contribution in [-0.4, -0.2) is 10.1 Å². The highest BCUT2D eigenvalue weighted by Gasteiger charge is 2.11. The molecule has 1 aromatic heterocycles. The highest BCUT2D eigenvalue weighted by molar-refractivity contribution is 7.15. The van der Waals surface area contributed by atoms with E-state index in [0.717, 1.165) is 19.3 Å². The number of halogens is 1. The summed E-state index contributed by atoms with van der Waals surface area (Å²) in [4.78, 5) is 4.08. The van der Waals surface area contributed by atoms with Crippen LogP contribution in [0.2, 0.25) is 4.34 Å². The molecule has 90 valence electrons. The predicted molar refractivity (Wildman–Crippen MR) is 71.5 cm³/mol. The molecule has 0 bridgehead atoms. The molecule has 1 atom stereocenters. The van der Waals surface area contributed by atoms with Gasteiger partial charge in [-0.3, -0.25) is 0 Å². The van der Waals surface area contributed by atoms with Gasteiger partial charge in [-0.05, 0) is 24.8 Å². The third kappa shape index (κ3) is 3.80. The lowest BCUT2D eigenvalue weighted by atomic mass is 10.1. The van der Waals surface area contributed by atoms with E-state index < -0.39 is 6.10 Å². The van der Waals surface area contributed by atoms with Gasteiger partial charge in [0, 0.05) is 0 Å². The number of thiazole rings is 1. The lowest BCUT2D eigenvalue weighted by molar-refractivity contribution is 0.164. The molecule has 2 rings (SSSR count). The van der Waals surface area contributed by atoms with E-state index in [0.29, 0.717) is 9.34 Å². The Labute approximate surface area is 110 Å². The molecule has 0 fully saturated rings. The molecule has 0 saturated heterocycles. The molecule has 17 heavy (non-hydrogen) atoms. The summed E-state index contributed by atoms with van der Waals surface area (Å²) in [7, 11) is 0. The van der Waals surface area contributed by atoms with Gasteiger partial charge in [-0.25, -0.2) is 4.98 Å². The summed E-state index contributed by atoms with van der Waals surface area (Å²) in [5.74, 6) is 0. The van der Waals surface area contributed by atoms with Crippen molar-refractivity contribution in [1.29, 1.82) is 0 Å². The normalized spacial score (nSPS) is 12.6. The Balaban J connectivity index is 1.79. The molecular weight excluding hydrogens is 254 g/mol. The molecule has 0 aliphatic carbocycles. The van der Waals surface area contributed by atoms with E-state index in [1.54, 1.807) is 6.20 Å². The molecule has 1 N–H and O–H groups in total. The maximum absolute atomic E-state index is 9.90. The SMILES string of the molecule is OC(CCCc1ccccc1)c1ncc(Cl)s1. The minimum absolute atomic E-state index is 0.490. The van der Waals surface area contributed by atoms with Crippen molar-refractivity contribution in [2.75, 3.05) is 0 Å². The Morgan fingerprint density at radius 1 is 1.29 bits per heavy atom. The predicted octanol–water partition coefficient (Wildman–Crippen LogP) is 3.85. The van der Waals surface area contributed by atoms with Crippen LogP contribution in [0.5, 0.6) is 0 Å². The number of aromatic nitrogens is 1. The van der Waals surface area contributed by atoms with Crippen LogP contribution < -0.4 is 0 Å². The third-order valence-electron chi connectivity index (χ3n) is 2.57. The standard InChI is InChI=1S/C13H14ClNOS/c14-12-9-15-13(17-12)11(16)8-4-7-10-5-2-1-3-6-10/h1-3,5-6,9,11,16H,4,7-8H2. The minimum atomic E-state index is -0.490. The van der Waals surface area contributed by atoms with Crippen molar-refractivity contribution in [3.05, 3.63) is 51.4 Å². The fraction of sp³-hybridized carbons (Fsp3) is 0.308. The number of aryl methyl sites for hydroxylation is 1. The van der Waals surface area contributed by atoms with Crippen molar-refractivity contribution in [2.24, 2.45) is 0 Å². The summed E-state index contributed by atoms with van der Waals surface area (Å²) < 4.78 is 0.627. The maximum atomic E-state index is 9.90. The van der Waals surface area contributed by atoms with E-state index in [1.807, 2.05) is 18.2 Å². The Morgan fingerprint density at radius 3 is 2.71 bits per heavy atom. The molecule has 0 amide bonds. The lowest BCUT2D eigenvalue weighted by Gasteiger charge is -2.06. The van der Waals surface area contributed by atoms with Gasteiger partial charge in [0.15, 0.2) is 0 Å². The van der Waals surface area contributed by atoms with Crippen molar-refractivity contribution in [2.45, 2.75) is 25.4 Å². The molecule has 0 saturated carbocycles. The monoisotopic (exact) mass is 267 g/mol. The quantitative estimate of drug-likeness (QED) is 0.893. The number of aliphatic hydroxyl groups is 1. The number of rotatable bonds is 5. The van der Waals surface area contributed by atoms with Gasteiger partial charge in [0.05, 0.1) is 6.20 Å². The van der Waals surface area contributed by atoms with Crippen LogP contribution in [0.15, 0.2) is 36.5 Å². The summed E-state index contributed by atoms with van der Waals surface area (Å²) in [6.45, 7) is 0. The zero-order chi connectivity index (χ0) is 12.1. The summed E-state index contributed by atoms with van der Waals surface area (Å²) in [6, 6.07) is 10.3. The highest BCUT2D eigenvalue weighted by Crippen LogP contribution is 2.26. The van der Waals surface area contributed by atoms with Gasteiger partial charge in [0.1, 0.15) is 15.4 Å².